The van der Waals surface area contributed by atoms with Crippen molar-refractivity contribution >= 4 is 11.5 Å². The Bertz CT molecular complexity index is 263. The number of nitrogens with zero attached hydrogens (tertiary/aromatic N) is 3. The van der Waals surface area contributed by atoms with Gasteiger partial charge in [-0.3, -0.25) is 0 Å². The zero-order chi connectivity index (χ0) is 7.40. The molecular formula is C6H3N3S. The fraction of sp³-hybridized carbons (Fsp3) is 0.167. The summed E-state index contributed by atoms with van der Waals surface area (Å²) in [7, 11) is 0. The van der Waals surface area contributed by atoms with Crippen LogP contribution in [0.3, 0.4) is 0 Å². The van der Waals surface area contributed by atoms with E-state index in [-0.39, 0.29) is 0 Å². The van der Waals surface area contributed by atoms with E-state index < -0.39 is 5.92 Å². The van der Waals surface area contributed by atoms with Crippen LogP contribution in [-0.4, -0.2) is 4.37 Å². The fourth-order valence-corrected chi connectivity index (χ4v) is 1.08. The van der Waals surface area contributed by atoms with Crippen LogP contribution in [0.5, 0.6) is 0 Å². The van der Waals surface area contributed by atoms with Gasteiger partial charge in [0.05, 0.1) is 17.8 Å². The van der Waals surface area contributed by atoms with Crippen LogP contribution in [0.2, 0.25) is 0 Å². The number of nitriles is 2. The molecule has 0 saturated carbocycles. The van der Waals surface area contributed by atoms with Gasteiger partial charge in [0.1, 0.15) is 0 Å². The summed E-state index contributed by atoms with van der Waals surface area (Å²) in [5.41, 5.74) is 0.551. The van der Waals surface area contributed by atoms with E-state index in [9.17, 15) is 0 Å². The molecule has 0 bridgehead atoms. The molecule has 48 valence electrons. The SMILES string of the molecule is N#CC(C#N)c1ccsn1. The van der Waals surface area contributed by atoms with E-state index in [1.807, 2.05) is 12.1 Å². The van der Waals surface area contributed by atoms with Gasteiger partial charge in [0.15, 0.2) is 5.92 Å². The van der Waals surface area contributed by atoms with Gasteiger partial charge in [-0.15, -0.1) is 0 Å². The Balaban J connectivity index is 2.89. The Morgan fingerprint density at radius 1 is 1.50 bits per heavy atom. The van der Waals surface area contributed by atoms with Crippen LogP contribution in [0.1, 0.15) is 11.6 Å². The zero-order valence-corrected chi connectivity index (χ0v) is 5.80. The van der Waals surface area contributed by atoms with Gasteiger partial charge < -0.3 is 0 Å². The smallest absolute Gasteiger partial charge is 0.176 e. The molecule has 3 nitrogen and oxygen atoms in total. The topological polar surface area (TPSA) is 60.5 Å². The van der Waals surface area contributed by atoms with Crippen LogP contribution < -0.4 is 0 Å². The Morgan fingerprint density at radius 2 is 2.20 bits per heavy atom. The van der Waals surface area contributed by atoms with Crippen molar-refractivity contribution in [1.29, 1.82) is 10.5 Å². The van der Waals surface area contributed by atoms with Crippen LogP contribution in [0.4, 0.5) is 0 Å². The molecule has 0 radical (unpaired) electrons. The summed E-state index contributed by atoms with van der Waals surface area (Å²) in [6, 6.07) is 5.36. The quantitative estimate of drug-likeness (QED) is 0.604. The van der Waals surface area contributed by atoms with Crippen molar-refractivity contribution in [2.24, 2.45) is 0 Å². The molecule has 0 fully saturated rings. The Labute approximate surface area is 62.3 Å². The van der Waals surface area contributed by atoms with Crippen molar-refractivity contribution in [2.45, 2.75) is 5.92 Å². The highest BCUT2D eigenvalue weighted by atomic mass is 32.1. The number of aromatic nitrogens is 1. The molecule has 0 amide bonds. The van der Waals surface area contributed by atoms with Gasteiger partial charge in [0.25, 0.3) is 0 Å². The van der Waals surface area contributed by atoms with Crippen LogP contribution >= 0.6 is 11.5 Å². The van der Waals surface area contributed by atoms with Crippen molar-refractivity contribution < 1.29 is 0 Å². The molecule has 1 aromatic heterocycles. The van der Waals surface area contributed by atoms with Crippen LogP contribution in [0.15, 0.2) is 11.4 Å². The molecule has 0 saturated heterocycles. The molecule has 0 aliphatic heterocycles. The third-order valence-corrected chi connectivity index (χ3v) is 1.59. The highest BCUT2D eigenvalue weighted by Gasteiger charge is 2.09. The third-order valence-electron chi connectivity index (χ3n) is 1.01. The third kappa shape index (κ3) is 1.12. The van der Waals surface area contributed by atoms with Gasteiger partial charge in [-0.05, 0) is 17.6 Å². The maximum Gasteiger partial charge on any atom is 0.176 e. The minimum Gasteiger partial charge on any atom is -0.196 e. The fourth-order valence-electron chi connectivity index (χ4n) is 0.532. The summed E-state index contributed by atoms with van der Waals surface area (Å²) in [5.74, 6) is -0.703. The summed E-state index contributed by atoms with van der Waals surface area (Å²) in [4.78, 5) is 0. The van der Waals surface area contributed by atoms with Gasteiger partial charge in [0, 0.05) is 5.38 Å². The summed E-state index contributed by atoms with van der Waals surface area (Å²) < 4.78 is 3.85. The molecule has 1 rings (SSSR count). The van der Waals surface area contributed by atoms with Gasteiger partial charge in [-0.25, -0.2) is 0 Å². The molecule has 0 N–H and O–H groups in total. The highest BCUT2D eigenvalue weighted by molar-refractivity contribution is 7.03. The van der Waals surface area contributed by atoms with Gasteiger partial charge >= 0.3 is 0 Å². The van der Waals surface area contributed by atoms with E-state index in [4.69, 9.17) is 10.5 Å². The lowest BCUT2D eigenvalue weighted by Crippen LogP contribution is -1.89. The first-order valence-electron chi connectivity index (χ1n) is 2.58. The normalized spacial score (nSPS) is 8.70. The minimum atomic E-state index is -0.703. The second-order valence-corrected chi connectivity index (χ2v) is 2.28. The van der Waals surface area contributed by atoms with E-state index in [0.29, 0.717) is 5.69 Å². The van der Waals surface area contributed by atoms with Crippen LogP contribution in [-0.2, 0) is 0 Å². The van der Waals surface area contributed by atoms with E-state index in [2.05, 4.69) is 4.37 Å². The highest BCUT2D eigenvalue weighted by Crippen LogP contribution is 2.12. The Morgan fingerprint density at radius 3 is 2.60 bits per heavy atom. The summed E-state index contributed by atoms with van der Waals surface area (Å²) in [5, 5.41) is 18.5. The summed E-state index contributed by atoms with van der Waals surface area (Å²) >= 11 is 1.25. The maximum atomic E-state index is 8.39. The van der Waals surface area contributed by atoms with Crippen LogP contribution in [0, 0.1) is 22.7 Å². The molecule has 4 heteroatoms. The van der Waals surface area contributed by atoms with E-state index >= 15 is 0 Å². The molecule has 0 aliphatic rings. The lowest BCUT2D eigenvalue weighted by atomic mass is 10.1. The average molecular weight is 149 g/mol. The first-order chi connectivity index (χ1) is 4.88. The number of rotatable bonds is 1. The van der Waals surface area contributed by atoms with Crippen molar-refractivity contribution in [2.75, 3.05) is 0 Å². The molecule has 0 spiro atoms. The summed E-state index contributed by atoms with van der Waals surface area (Å²) in [6.45, 7) is 0. The predicted octanol–water partition coefficient (Wildman–Crippen LogP) is 1.27. The molecule has 0 atom stereocenters. The maximum absolute atomic E-state index is 8.39. The second-order valence-electron chi connectivity index (χ2n) is 1.62. The largest absolute Gasteiger partial charge is 0.196 e. The molecule has 1 heterocycles. The van der Waals surface area contributed by atoms with Crippen molar-refractivity contribution in [3.05, 3.63) is 17.1 Å². The number of hydrogen-bond donors (Lipinski definition) is 0. The summed E-state index contributed by atoms with van der Waals surface area (Å²) in [6.07, 6.45) is 0. The van der Waals surface area contributed by atoms with E-state index in [1.165, 1.54) is 11.5 Å². The van der Waals surface area contributed by atoms with Gasteiger partial charge in [0.2, 0.25) is 0 Å². The number of hydrogen-bond acceptors (Lipinski definition) is 4. The zero-order valence-electron chi connectivity index (χ0n) is 4.98. The van der Waals surface area contributed by atoms with Gasteiger partial charge in [-0.1, -0.05) is 0 Å². The van der Waals surface area contributed by atoms with Gasteiger partial charge in [-0.2, -0.15) is 14.9 Å². The lowest BCUT2D eigenvalue weighted by molar-refractivity contribution is 1.06. The first-order valence-corrected chi connectivity index (χ1v) is 3.41. The van der Waals surface area contributed by atoms with Crippen molar-refractivity contribution in [3.63, 3.8) is 0 Å². The molecule has 10 heavy (non-hydrogen) atoms. The standard InChI is InChI=1S/C6H3N3S/c7-3-5(4-8)6-1-2-10-9-6/h1-2,5H. The molecular weight excluding hydrogens is 146 g/mol. The van der Waals surface area contributed by atoms with E-state index in [0.717, 1.165) is 0 Å². The minimum absolute atomic E-state index is 0.551. The molecule has 0 unspecified atom stereocenters. The van der Waals surface area contributed by atoms with Crippen molar-refractivity contribution in [3.8, 4) is 12.1 Å². The molecule has 0 aromatic carbocycles. The second kappa shape index (κ2) is 2.95. The molecule has 1 aromatic rings. The predicted molar refractivity (Wildman–Crippen MR) is 36.1 cm³/mol. The monoisotopic (exact) mass is 149 g/mol. The van der Waals surface area contributed by atoms with Crippen molar-refractivity contribution in [1.82, 2.24) is 4.37 Å². The molecule has 0 aliphatic carbocycles. The Kier molecular flexibility index (Phi) is 1.99. The average Bonchev–Trinajstić information content (AvgIpc) is 2.43. The first kappa shape index (κ1) is 6.73. The van der Waals surface area contributed by atoms with E-state index in [1.54, 1.807) is 11.4 Å². The lowest BCUT2D eigenvalue weighted by Gasteiger charge is -1.88. The van der Waals surface area contributed by atoms with Crippen LogP contribution in [0.25, 0.3) is 0 Å². The Hall–Kier alpha value is -1.39.